The average molecular weight is 726 g/mol. The second-order valence-electron chi connectivity index (χ2n) is 10.6. The third-order valence-electron chi connectivity index (χ3n) is 7.54. The van der Waals surface area contributed by atoms with Crippen molar-refractivity contribution in [2.75, 3.05) is 17.5 Å². The van der Waals surface area contributed by atoms with E-state index in [9.17, 15) is 18.0 Å². The summed E-state index contributed by atoms with van der Waals surface area (Å²) in [5, 5.41) is 3.78. The van der Waals surface area contributed by atoms with Gasteiger partial charge in [0.2, 0.25) is 11.8 Å². The molecule has 8 nitrogen and oxygen atoms in total. The molecule has 44 heavy (non-hydrogen) atoms. The third-order valence-corrected chi connectivity index (χ3v) is 10.6. The predicted molar refractivity (Wildman–Crippen MR) is 178 cm³/mol. The second-order valence-corrected chi connectivity index (χ2v) is 14.2. The Hall–Kier alpha value is -2.79. The van der Waals surface area contributed by atoms with Crippen LogP contribution < -0.4 is 14.4 Å². The summed E-state index contributed by atoms with van der Waals surface area (Å²) >= 11 is 15.8. The highest BCUT2D eigenvalue weighted by atomic mass is 79.9. The Bertz CT molecular complexity index is 1550. The van der Waals surface area contributed by atoms with Crippen molar-refractivity contribution in [1.29, 1.82) is 0 Å². The van der Waals surface area contributed by atoms with Crippen molar-refractivity contribution in [2.24, 2.45) is 0 Å². The molecule has 1 aliphatic rings. The van der Waals surface area contributed by atoms with E-state index in [0.29, 0.717) is 38.9 Å². The van der Waals surface area contributed by atoms with Gasteiger partial charge in [0, 0.05) is 17.1 Å². The third kappa shape index (κ3) is 8.47. The quantitative estimate of drug-likeness (QED) is 0.201. The molecule has 0 radical (unpaired) electrons. The molecular formula is C32H36BrCl2N3O5S. The number of carbonyl (C=O) groups is 2. The SMILES string of the molecule is CCOc1ccc(N(CC(=O)N(Cc2ccc(Cl)c(Cl)c2)C(CC)C(=O)NC2CCCC2)S(=O)(=O)c2ccc(Br)cc2)cc1. The number of hydrogen-bond acceptors (Lipinski definition) is 5. The molecule has 1 aliphatic carbocycles. The Morgan fingerprint density at radius 1 is 0.977 bits per heavy atom. The van der Waals surface area contributed by atoms with E-state index in [4.69, 9.17) is 27.9 Å². The Kier molecular flexibility index (Phi) is 12.0. The van der Waals surface area contributed by atoms with Crippen LogP contribution in [0.25, 0.3) is 0 Å². The summed E-state index contributed by atoms with van der Waals surface area (Å²) in [5.41, 5.74) is 0.936. The number of anilines is 1. The number of hydrogen-bond donors (Lipinski definition) is 1. The molecule has 1 fully saturated rings. The molecule has 0 bridgehead atoms. The van der Waals surface area contributed by atoms with Crippen LogP contribution in [0.1, 0.15) is 51.5 Å². The van der Waals surface area contributed by atoms with E-state index in [0.717, 1.165) is 30.0 Å². The van der Waals surface area contributed by atoms with Crippen LogP contribution in [-0.2, 0) is 26.2 Å². The molecular weight excluding hydrogens is 689 g/mol. The summed E-state index contributed by atoms with van der Waals surface area (Å²) < 4.78 is 35.4. The summed E-state index contributed by atoms with van der Waals surface area (Å²) in [7, 11) is -4.20. The first-order valence-corrected chi connectivity index (χ1v) is 17.6. The van der Waals surface area contributed by atoms with Crippen molar-refractivity contribution in [3.63, 3.8) is 0 Å². The second kappa shape index (κ2) is 15.5. The van der Waals surface area contributed by atoms with Crippen molar-refractivity contribution in [3.8, 4) is 5.75 Å². The molecule has 4 rings (SSSR count). The minimum atomic E-state index is -4.20. The van der Waals surface area contributed by atoms with Crippen molar-refractivity contribution < 1.29 is 22.7 Å². The van der Waals surface area contributed by atoms with Crippen LogP contribution in [0, 0.1) is 0 Å². The highest BCUT2D eigenvalue weighted by molar-refractivity contribution is 9.10. The Morgan fingerprint density at radius 3 is 2.23 bits per heavy atom. The van der Waals surface area contributed by atoms with E-state index >= 15 is 0 Å². The zero-order valence-corrected chi connectivity index (χ0v) is 28.6. The van der Waals surface area contributed by atoms with Crippen LogP contribution in [0.4, 0.5) is 5.69 Å². The Labute approximate surface area is 277 Å². The molecule has 236 valence electrons. The number of rotatable bonds is 13. The van der Waals surface area contributed by atoms with Gasteiger partial charge in [-0.25, -0.2) is 8.42 Å². The number of nitrogens with one attached hydrogen (secondary N) is 1. The van der Waals surface area contributed by atoms with Gasteiger partial charge in [0.25, 0.3) is 10.0 Å². The minimum absolute atomic E-state index is 0.0180. The summed E-state index contributed by atoms with van der Waals surface area (Å²) in [6.07, 6.45) is 4.19. The van der Waals surface area contributed by atoms with Gasteiger partial charge in [-0.05, 0) is 92.4 Å². The number of ether oxygens (including phenoxy) is 1. The van der Waals surface area contributed by atoms with Gasteiger partial charge in [-0.15, -0.1) is 0 Å². The molecule has 0 aliphatic heterocycles. The van der Waals surface area contributed by atoms with Gasteiger partial charge < -0.3 is 15.0 Å². The molecule has 1 atom stereocenters. The van der Waals surface area contributed by atoms with Crippen molar-refractivity contribution in [1.82, 2.24) is 10.2 Å². The number of halogens is 3. The Balaban J connectivity index is 1.72. The molecule has 12 heteroatoms. The monoisotopic (exact) mass is 723 g/mol. The van der Waals surface area contributed by atoms with Crippen LogP contribution >= 0.6 is 39.1 Å². The lowest BCUT2D eigenvalue weighted by Crippen LogP contribution is -2.53. The van der Waals surface area contributed by atoms with Crippen LogP contribution in [0.2, 0.25) is 10.0 Å². The maximum atomic E-state index is 14.3. The first-order chi connectivity index (χ1) is 21.0. The lowest BCUT2D eigenvalue weighted by Gasteiger charge is -2.34. The number of benzene rings is 3. The molecule has 0 spiro atoms. The molecule has 1 unspecified atom stereocenters. The summed E-state index contributed by atoms with van der Waals surface area (Å²) in [6, 6.07) is 16.9. The van der Waals surface area contributed by atoms with E-state index in [1.165, 1.54) is 17.0 Å². The van der Waals surface area contributed by atoms with Gasteiger partial charge in [-0.3, -0.25) is 13.9 Å². The largest absolute Gasteiger partial charge is 0.494 e. The summed E-state index contributed by atoms with van der Waals surface area (Å²) in [6.45, 7) is 3.62. The first-order valence-electron chi connectivity index (χ1n) is 14.6. The fourth-order valence-electron chi connectivity index (χ4n) is 5.26. The lowest BCUT2D eigenvalue weighted by molar-refractivity contribution is -0.140. The first kappa shape index (κ1) is 34.1. The van der Waals surface area contributed by atoms with Gasteiger partial charge in [-0.2, -0.15) is 0 Å². The van der Waals surface area contributed by atoms with Gasteiger partial charge >= 0.3 is 0 Å². The number of amides is 2. The van der Waals surface area contributed by atoms with Crippen molar-refractivity contribution in [2.45, 2.75) is 69.5 Å². The number of carbonyl (C=O) groups excluding carboxylic acids is 2. The molecule has 0 aromatic heterocycles. The zero-order valence-electron chi connectivity index (χ0n) is 24.6. The molecule has 1 saturated carbocycles. The van der Waals surface area contributed by atoms with Gasteiger partial charge in [0.15, 0.2) is 0 Å². The molecule has 2 amide bonds. The van der Waals surface area contributed by atoms with E-state index < -0.39 is 28.5 Å². The lowest BCUT2D eigenvalue weighted by atomic mass is 10.1. The highest BCUT2D eigenvalue weighted by Gasteiger charge is 2.34. The highest BCUT2D eigenvalue weighted by Crippen LogP contribution is 2.29. The zero-order chi connectivity index (χ0) is 31.9. The predicted octanol–water partition coefficient (Wildman–Crippen LogP) is 7.22. The van der Waals surface area contributed by atoms with Crippen molar-refractivity contribution in [3.05, 3.63) is 86.8 Å². The Morgan fingerprint density at radius 2 is 1.64 bits per heavy atom. The molecule has 0 heterocycles. The van der Waals surface area contributed by atoms with Crippen LogP contribution in [0.3, 0.4) is 0 Å². The maximum Gasteiger partial charge on any atom is 0.264 e. The number of sulfonamides is 1. The number of nitrogens with zero attached hydrogens (tertiary/aromatic N) is 2. The van der Waals surface area contributed by atoms with E-state index in [2.05, 4.69) is 21.2 Å². The van der Waals surface area contributed by atoms with Gasteiger partial charge in [-0.1, -0.05) is 65.0 Å². The van der Waals surface area contributed by atoms with Gasteiger partial charge in [0.05, 0.1) is 27.2 Å². The van der Waals surface area contributed by atoms with E-state index in [1.54, 1.807) is 54.6 Å². The van der Waals surface area contributed by atoms with E-state index in [-0.39, 0.29) is 29.1 Å². The summed E-state index contributed by atoms with van der Waals surface area (Å²) in [5.74, 6) is -0.241. The van der Waals surface area contributed by atoms with Crippen molar-refractivity contribution >= 4 is 66.7 Å². The topological polar surface area (TPSA) is 96.0 Å². The molecule has 3 aromatic rings. The fraction of sp³-hybridized carbons (Fsp3) is 0.375. The van der Waals surface area contributed by atoms with Crippen LogP contribution in [0.5, 0.6) is 5.75 Å². The maximum absolute atomic E-state index is 14.3. The average Bonchev–Trinajstić information content (AvgIpc) is 3.51. The minimum Gasteiger partial charge on any atom is -0.494 e. The molecule has 0 saturated heterocycles. The van der Waals surface area contributed by atoms with Crippen LogP contribution in [0.15, 0.2) is 76.1 Å². The molecule has 1 N–H and O–H groups in total. The normalized spacial score (nSPS) is 14.2. The van der Waals surface area contributed by atoms with Gasteiger partial charge in [0.1, 0.15) is 18.3 Å². The van der Waals surface area contributed by atoms with Crippen LogP contribution in [-0.4, -0.2) is 50.4 Å². The summed E-state index contributed by atoms with van der Waals surface area (Å²) in [4.78, 5) is 29.3. The standard InChI is InChI=1S/C32H36BrCl2N3O5S/c1-3-30(32(40)36-24-7-5-6-8-24)37(20-22-9-18-28(34)29(35)19-22)31(39)21-38(25-12-14-26(15-13-25)43-4-2)44(41,42)27-16-10-23(33)11-17-27/h9-19,24,30H,3-8,20-21H2,1-2H3,(H,36,40). The fourth-order valence-corrected chi connectivity index (χ4v) is 7.26. The molecule has 3 aromatic carbocycles. The smallest absolute Gasteiger partial charge is 0.264 e. The van der Waals surface area contributed by atoms with E-state index in [1.807, 2.05) is 13.8 Å².